The Morgan fingerprint density at radius 2 is 1.54 bits per heavy atom. The number of esters is 2. The lowest BCUT2D eigenvalue weighted by molar-refractivity contribution is -0.142. The van der Waals surface area contributed by atoms with Gasteiger partial charge in [0.05, 0.1) is 20.6 Å². The molecule has 0 saturated carbocycles. The van der Waals surface area contributed by atoms with Crippen molar-refractivity contribution in [1.29, 1.82) is 0 Å². The van der Waals surface area contributed by atoms with Gasteiger partial charge in [0.2, 0.25) is 0 Å². The van der Waals surface area contributed by atoms with Crippen molar-refractivity contribution in [2.24, 2.45) is 0 Å². The van der Waals surface area contributed by atoms with Crippen LogP contribution in [-0.4, -0.2) is 37.3 Å². The zero-order chi connectivity index (χ0) is 25.0. The van der Waals surface area contributed by atoms with Crippen LogP contribution in [0.1, 0.15) is 45.1 Å². The third-order valence-electron chi connectivity index (χ3n) is 5.77. The first-order chi connectivity index (χ1) is 17.0. The molecule has 1 aliphatic heterocycles. The van der Waals surface area contributed by atoms with Crippen molar-refractivity contribution in [2.45, 2.75) is 25.6 Å². The van der Waals surface area contributed by atoms with E-state index in [1.807, 2.05) is 24.3 Å². The first-order valence-corrected chi connectivity index (χ1v) is 11.3. The Morgan fingerprint density at radius 3 is 2.23 bits per heavy atom. The second-order valence-corrected chi connectivity index (χ2v) is 7.99. The van der Waals surface area contributed by atoms with Crippen LogP contribution in [0, 0.1) is 0 Å². The number of rotatable bonds is 7. The summed E-state index contributed by atoms with van der Waals surface area (Å²) in [6.45, 7) is 1.73. The third-order valence-corrected chi connectivity index (χ3v) is 5.77. The lowest BCUT2D eigenvalue weighted by atomic mass is 10.0. The molecule has 1 heterocycles. The Hall–Kier alpha value is -4.03. The summed E-state index contributed by atoms with van der Waals surface area (Å²) >= 11 is 0. The molecule has 0 bridgehead atoms. The molecule has 0 radical (unpaired) electrons. The number of benzene rings is 3. The van der Waals surface area contributed by atoms with Crippen molar-refractivity contribution in [1.82, 2.24) is 4.90 Å². The molecular formula is C29H29NO5. The van der Waals surface area contributed by atoms with Crippen molar-refractivity contribution in [3.05, 3.63) is 113 Å². The lowest BCUT2D eigenvalue weighted by Gasteiger charge is -2.24. The van der Waals surface area contributed by atoms with E-state index >= 15 is 0 Å². The van der Waals surface area contributed by atoms with E-state index in [-0.39, 0.29) is 12.0 Å². The molecule has 6 nitrogen and oxygen atoms in total. The molecule has 180 valence electrons. The maximum absolute atomic E-state index is 11.7. The summed E-state index contributed by atoms with van der Waals surface area (Å²) in [4.78, 5) is 35.4. The number of carbonyl (C=O) groups is 3. The van der Waals surface area contributed by atoms with Gasteiger partial charge in [0.15, 0.2) is 6.29 Å². The summed E-state index contributed by atoms with van der Waals surface area (Å²) < 4.78 is 9.29. The van der Waals surface area contributed by atoms with Gasteiger partial charge in [0, 0.05) is 30.8 Å². The minimum Gasteiger partial charge on any atom is -0.469 e. The molecule has 35 heavy (non-hydrogen) atoms. The van der Waals surface area contributed by atoms with E-state index in [2.05, 4.69) is 40.0 Å². The van der Waals surface area contributed by atoms with Crippen LogP contribution >= 0.6 is 0 Å². The monoisotopic (exact) mass is 471 g/mol. The van der Waals surface area contributed by atoms with E-state index in [4.69, 9.17) is 4.74 Å². The highest BCUT2D eigenvalue weighted by atomic mass is 16.5. The molecule has 0 N–H and O–H groups in total. The summed E-state index contributed by atoms with van der Waals surface area (Å²) in [5, 5.41) is 0. The van der Waals surface area contributed by atoms with Gasteiger partial charge in [0.25, 0.3) is 0 Å². The van der Waals surface area contributed by atoms with Gasteiger partial charge in [-0.05, 0) is 28.3 Å². The molecule has 1 atom stereocenters. The summed E-state index contributed by atoms with van der Waals surface area (Å²) in [5.74, 6) is -0.597. The lowest BCUT2D eigenvalue weighted by Crippen LogP contribution is -2.24. The fraction of sp³-hybridized carbons (Fsp3) is 0.207. The van der Waals surface area contributed by atoms with Crippen molar-refractivity contribution in [2.75, 3.05) is 14.2 Å². The molecule has 1 unspecified atom stereocenters. The van der Waals surface area contributed by atoms with Gasteiger partial charge in [-0.15, -0.1) is 0 Å². The Balaban J connectivity index is 0.000000214. The van der Waals surface area contributed by atoms with Crippen LogP contribution in [-0.2, 0) is 32.2 Å². The molecule has 3 aromatic carbocycles. The van der Waals surface area contributed by atoms with E-state index in [9.17, 15) is 14.4 Å². The molecule has 0 amide bonds. The average molecular weight is 472 g/mol. The fourth-order valence-corrected chi connectivity index (χ4v) is 3.99. The van der Waals surface area contributed by atoms with Crippen LogP contribution in [0.3, 0.4) is 0 Å². The second kappa shape index (κ2) is 13.0. The van der Waals surface area contributed by atoms with Gasteiger partial charge in [-0.2, -0.15) is 0 Å². The summed E-state index contributed by atoms with van der Waals surface area (Å²) in [6, 6.07) is 25.8. The molecule has 0 fully saturated rings. The number of ether oxygens (including phenoxy) is 2. The van der Waals surface area contributed by atoms with Crippen LogP contribution < -0.4 is 0 Å². The smallest absolute Gasteiger partial charge is 0.330 e. The molecule has 0 aliphatic carbocycles. The highest BCUT2D eigenvalue weighted by molar-refractivity contribution is 5.90. The van der Waals surface area contributed by atoms with Crippen molar-refractivity contribution < 1.29 is 23.9 Å². The molecule has 6 heteroatoms. The van der Waals surface area contributed by atoms with E-state index < -0.39 is 5.97 Å². The van der Waals surface area contributed by atoms with Crippen molar-refractivity contribution >= 4 is 24.3 Å². The van der Waals surface area contributed by atoms with Gasteiger partial charge < -0.3 is 9.47 Å². The summed E-state index contributed by atoms with van der Waals surface area (Å²) in [5.41, 5.74) is 5.07. The third kappa shape index (κ3) is 7.22. The quantitative estimate of drug-likeness (QED) is 0.275. The Labute approximate surface area is 205 Å². The Kier molecular flexibility index (Phi) is 9.51. The highest BCUT2D eigenvalue weighted by Gasteiger charge is 2.31. The number of aldehydes is 1. The predicted octanol–water partition coefficient (Wildman–Crippen LogP) is 4.99. The van der Waals surface area contributed by atoms with Crippen LogP contribution in [0.2, 0.25) is 0 Å². The standard InChI is InChI=1S/C18H19NO2.C11H10O3/c1-21-18(20)11-17-16-10-6-5-9-15(16)13-19(17)12-14-7-3-2-4-8-14;1-14-11(13)7-6-9-4-2-3-5-10(9)8-12/h2-10,17H,11-13H2,1H3;2-8H,1H3/b;7-6+. The zero-order valence-corrected chi connectivity index (χ0v) is 19.9. The number of hydrogen-bond donors (Lipinski definition) is 0. The SMILES string of the molecule is COC(=O)/C=C/c1ccccc1C=O.COC(=O)CC1c2ccccc2CN1Cc1ccccc1. The molecule has 3 aromatic rings. The number of nitrogens with zero attached hydrogens (tertiary/aromatic N) is 1. The van der Waals surface area contributed by atoms with Gasteiger partial charge in [-0.3, -0.25) is 14.5 Å². The van der Waals surface area contributed by atoms with E-state index in [0.717, 1.165) is 19.4 Å². The molecule has 0 aromatic heterocycles. The topological polar surface area (TPSA) is 72.9 Å². The number of fused-ring (bicyclic) bond motifs is 1. The normalized spacial score (nSPS) is 14.5. The maximum Gasteiger partial charge on any atom is 0.330 e. The summed E-state index contributed by atoms with van der Waals surface area (Å²) in [7, 11) is 2.75. The number of carbonyl (C=O) groups excluding carboxylic acids is 3. The van der Waals surface area contributed by atoms with Crippen LogP contribution in [0.15, 0.2) is 84.9 Å². The molecule has 4 rings (SSSR count). The van der Waals surface area contributed by atoms with Gasteiger partial charge in [-0.25, -0.2) is 4.79 Å². The average Bonchev–Trinajstić information content (AvgIpc) is 3.24. The highest BCUT2D eigenvalue weighted by Crippen LogP contribution is 2.37. The van der Waals surface area contributed by atoms with Gasteiger partial charge in [-0.1, -0.05) is 78.9 Å². The van der Waals surface area contributed by atoms with E-state index in [0.29, 0.717) is 17.5 Å². The van der Waals surface area contributed by atoms with Gasteiger partial charge >= 0.3 is 11.9 Å². The minimum absolute atomic E-state index is 0.105. The van der Waals surface area contributed by atoms with E-state index in [1.165, 1.54) is 37.0 Å². The molecular weight excluding hydrogens is 442 g/mol. The fourth-order valence-electron chi connectivity index (χ4n) is 3.99. The van der Waals surface area contributed by atoms with Crippen molar-refractivity contribution in [3.63, 3.8) is 0 Å². The predicted molar refractivity (Wildman–Crippen MR) is 134 cm³/mol. The Morgan fingerprint density at radius 1 is 0.886 bits per heavy atom. The van der Waals surface area contributed by atoms with E-state index in [1.54, 1.807) is 30.3 Å². The number of methoxy groups -OCH3 is 2. The van der Waals surface area contributed by atoms with Crippen LogP contribution in [0.25, 0.3) is 6.08 Å². The largest absolute Gasteiger partial charge is 0.469 e. The molecule has 0 saturated heterocycles. The van der Waals surface area contributed by atoms with Crippen LogP contribution in [0.4, 0.5) is 0 Å². The first kappa shape index (κ1) is 25.6. The van der Waals surface area contributed by atoms with Crippen LogP contribution in [0.5, 0.6) is 0 Å². The maximum atomic E-state index is 11.7. The first-order valence-electron chi connectivity index (χ1n) is 11.3. The Bertz CT molecular complexity index is 1170. The summed E-state index contributed by atoms with van der Waals surface area (Å²) in [6.07, 6.45) is 3.98. The number of hydrogen-bond acceptors (Lipinski definition) is 6. The second-order valence-electron chi connectivity index (χ2n) is 7.99. The van der Waals surface area contributed by atoms with Gasteiger partial charge in [0.1, 0.15) is 0 Å². The molecule has 1 aliphatic rings. The van der Waals surface area contributed by atoms with Crippen molar-refractivity contribution in [3.8, 4) is 0 Å². The molecule has 0 spiro atoms. The zero-order valence-electron chi connectivity index (χ0n) is 19.9. The minimum atomic E-state index is -0.439.